The van der Waals surface area contributed by atoms with Gasteiger partial charge in [0.25, 0.3) is 0 Å². The molecule has 8 aliphatic heterocycles. The van der Waals surface area contributed by atoms with Crippen LogP contribution < -0.4 is 54.5 Å². The number of aromatic carboxylic acids is 1. The van der Waals surface area contributed by atoms with Crippen LogP contribution in [0.25, 0.3) is 111 Å². The molecule has 20 rings (SSSR count). The summed E-state index contributed by atoms with van der Waals surface area (Å²) in [6.07, 6.45) is 0. The van der Waals surface area contributed by atoms with E-state index in [1.807, 2.05) is 81.4 Å². The maximum Gasteiger partial charge on any atom is 0.534 e. The highest BCUT2D eigenvalue weighted by Crippen LogP contribution is 2.44. The quantitative estimate of drug-likeness (QED) is 0.0441. The summed E-state index contributed by atoms with van der Waals surface area (Å²) in [4.78, 5) is 73.3. The summed E-state index contributed by atoms with van der Waals surface area (Å²) in [5.41, 5.74) is 9.39. The average Bonchev–Trinajstić information content (AvgIpc) is 0.752. The summed E-state index contributed by atoms with van der Waals surface area (Å²) in [7, 11) is 7.20. The number of hydrogen-bond acceptors (Lipinski definition) is 22. The van der Waals surface area contributed by atoms with E-state index in [4.69, 9.17) is 22.4 Å². The molecule has 2 aromatic heterocycles. The zero-order valence-corrected chi connectivity index (χ0v) is 76.5. The van der Waals surface area contributed by atoms with Crippen molar-refractivity contribution in [3.8, 4) is 50.7 Å². The fraction of sp³-hybridized carbons (Fsp3) is 0.353. The standard InChI is InChI=1S/C34H41N4O3.C30H32N4O3.C23H28N4O2.C15H9F3O5S/c1-34(2,3)41-33(39)25-8-6-24(7-9-25)32-28-12-10-26(37-18-14-35(4)15-19-37)22-30(28)40-31-23-27(11-13-29(31)32)38-20-16-36(5)17-21-38;1-31-11-15-33(16-12-31)23-7-9-25-27(19-23)37-28-20-24(34-17-13-32(2)14-18-34)8-10-26(28)29(25)21-3-5-22(6-4-21)30(35)36;1-24-7-11-26(12-8-24)17-3-5-19-21(15-17)29-22-16-18(4-6-20(22)23(19)28)27-13-9-25(2)10-14-27;1-8-2-4-10-12(6-8)22-13-7-9(3-5-11(13)14(10)19)23-24(20,21)15(16,17)18/h6-13,22-23H,14-21H2,1-5H3;3-10,19-20H,11-18H2,1-2H3;3-6,15-16H,7-14H2,1-2H3;2-7H,1H3/q+1;;;/p+1. The molecular formula is C102H111F3N12O13S+2. The van der Waals surface area contributed by atoms with Gasteiger partial charge in [0.05, 0.1) is 71.0 Å². The summed E-state index contributed by atoms with van der Waals surface area (Å²) in [6.45, 7) is 32.0. The van der Waals surface area contributed by atoms with Crippen LogP contribution in [0.1, 0.15) is 47.1 Å². The minimum absolute atomic E-state index is 0.0519. The second-order valence-corrected chi connectivity index (χ2v) is 37.8. The smallest absolute Gasteiger partial charge is 0.478 e. The van der Waals surface area contributed by atoms with Crippen LogP contribution in [0.4, 0.5) is 35.9 Å². The molecule has 0 saturated carbocycles. The predicted octanol–water partition coefficient (Wildman–Crippen LogP) is 13.9. The molecule has 0 unspecified atom stereocenters. The van der Waals surface area contributed by atoms with Crippen molar-refractivity contribution in [2.45, 2.75) is 38.8 Å². The number of likely N-dealkylation sites (N-methyl/N-ethyl adjacent to an activating group) is 6. The van der Waals surface area contributed by atoms with Crippen LogP contribution in [0.5, 0.6) is 5.75 Å². The first-order valence-corrected chi connectivity index (χ1v) is 46.1. The van der Waals surface area contributed by atoms with Gasteiger partial charge in [-0.05, 0) is 196 Å². The van der Waals surface area contributed by atoms with Crippen molar-refractivity contribution in [2.75, 3.05) is 219 Å². The average molecular weight is 1800 g/mol. The molecule has 131 heavy (non-hydrogen) atoms. The zero-order valence-electron chi connectivity index (χ0n) is 75.7. The Labute approximate surface area is 758 Å². The Morgan fingerprint density at radius 2 is 0.695 bits per heavy atom. The van der Waals surface area contributed by atoms with Gasteiger partial charge < -0.3 is 70.9 Å². The van der Waals surface area contributed by atoms with E-state index in [-0.39, 0.29) is 38.9 Å². The number of nitrogens with zero attached hydrogens (tertiary/aromatic N) is 12. The van der Waals surface area contributed by atoms with E-state index in [0.29, 0.717) is 32.9 Å². The van der Waals surface area contributed by atoms with Gasteiger partial charge >= 0.3 is 27.6 Å². The second-order valence-electron chi connectivity index (χ2n) is 36.2. The molecule has 0 bridgehead atoms. The molecule has 682 valence electrons. The molecule has 10 heterocycles. The first-order chi connectivity index (χ1) is 62.8. The third-order valence-corrected chi connectivity index (χ3v) is 26.7. The number of ether oxygens (including phenoxy) is 1. The summed E-state index contributed by atoms with van der Waals surface area (Å²) >= 11 is 0. The van der Waals surface area contributed by atoms with Crippen molar-refractivity contribution in [3.63, 3.8) is 0 Å². The van der Waals surface area contributed by atoms with Gasteiger partial charge in [0, 0.05) is 203 Å². The Kier molecular flexibility index (Phi) is 26.1. The molecule has 6 fully saturated rings. The highest BCUT2D eigenvalue weighted by molar-refractivity contribution is 7.88. The first-order valence-electron chi connectivity index (χ1n) is 44.7. The molecule has 10 aromatic rings. The number of carbonyl (C=O) groups is 2. The van der Waals surface area contributed by atoms with Gasteiger partial charge in [0.2, 0.25) is 21.6 Å². The topological polar surface area (TPSA) is 232 Å². The normalized spacial score (nSPS) is 17.0. The lowest BCUT2D eigenvalue weighted by Crippen LogP contribution is -2.46. The van der Waals surface area contributed by atoms with E-state index < -0.39 is 32.9 Å². The minimum Gasteiger partial charge on any atom is -0.478 e. The number of rotatable bonds is 10. The Bertz CT molecular complexity index is 6880. The molecule has 6 saturated heterocycles. The van der Waals surface area contributed by atoms with Crippen LogP contribution in [0.2, 0.25) is 0 Å². The molecule has 0 atom stereocenters. The molecule has 8 aromatic carbocycles. The van der Waals surface area contributed by atoms with Gasteiger partial charge in [-0.25, -0.2) is 18.7 Å². The van der Waals surface area contributed by atoms with Gasteiger partial charge in [0.1, 0.15) is 56.4 Å². The summed E-state index contributed by atoms with van der Waals surface area (Å²) in [5.74, 6) is -0.115. The van der Waals surface area contributed by atoms with Crippen LogP contribution in [0.15, 0.2) is 221 Å². The monoisotopic (exact) mass is 1800 g/mol. The van der Waals surface area contributed by atoms with Crippen LogP contribution in [0, 0.1) is 6.92 Å². The fourth-order valence-corrected chi connectivity index (χ4v) is 18.3. The van der Waals surface area contributed by atoms with E-state index in [2.05, 4.69) is 190 Å². The molecule has 29 heteroatoms. The SMILES string of the molecule is CN1CCN(c2ccc3c(-c4ccc(C(=O)O)cc4)c4ccc(=[N+]5CCN(C)CC5)cc-4oc3c2)CC1.CN1CCN(c2ccc3c(-c4ccc(C(=O)OC(C)(C)C)cc4)c4ccc(=[N+]5CCN(C)CC5)cc-4oc3c2)CC1.CN1CCN(c2ccc3c(=O)c4ccc(N5CCN(C)CC5)cc4oc3c2)CC1.Cc1ccc2c(=O)c3ccc(OS(=O)(=O)C(F)(F)F)cc3oc2c1. The van der Waals surface area contributed by atoms with Gasteiger partial charge in [-0.3, -0.25) is 19.4 Å². The third kappa shape index (κ3) is 20.2. The van der Waals surface area contributed by atoms with Crippen LogP contribution >= 0.6 is 0 Å². The number of benzene rings is 10. The number of piperazine rings is 6. The lowest BCUT2D eigenvalue weighted by Gasteiger charge is -2.34. The van der Waals surface area contributed by atoms with Crippen molar-refractivity contribution < 1.29 is 62.9 Å². The predicted molar refractivity (Wildman–Crippen MR) is 513 cm³/mol. The fourth-order valence-electron chi connectivity index (χ4n) is 17.8. The van der Waals surface area contributed by atoms with Gasteiger partial charge in [-0.1, -0.05) is 30.3 Å². The van der Waals surface area contributed by atoms with Gasteiger partial charge in [-0.15, -0.1) is 0 Å². The Morgan fingerprint density at radius 3 is 1.05 bits per heavy atom. The number of carboxylic acid groups (broad SMARTS) is 1. The van der Waals surface area contributed by atoms with Crippen molar-refractivity contribution >= 4 is 111 Å². The van der Waals surface area contributed by atoms with Crippen molar-refractivity contribution in [1.29, 1.82) is 0 Å². The summed E-state index contributed by atoms with van der Waals surface area (Å²) in [5, 5.41) is 15.6. The lowest BCUT2D eigenvalue weighted by molar-refractivity contribution is -0.0500. The number of carbonyl (C=O) groups excluding carboxylic acids is 1. The van der Waals surface area contributed by atoms with Gasteiger partial charge in [-0.2, -0.15) is 21.6 Å². The highest BCUT2D eigenvalue weighted by atomic mass is 32.2. The van der Waals surface area contributed by atoms with E-state index in [9.17, 15) is 45.9 Å². The molecule has 0 radical (unpaired) electrons. The third-order valence-electron chi connectivity index (χ3n) is 25.7. The number of carboxylic acids is 1. The molecule has 0 amide bonds. The molecular weight excluding hydrogens is 1690 g/mol. The number of fused-ring (bicyclic) bond motifs is 8. The Morgan fingerprint density at radius 1 is 0.374 bits per heavy atom. The second kappa shape index (κ2) is 37.8. The molecule has 2 aliphatic carbocycles. The van der Waals surface area contributed by atoms with Gasteiger partial charge in [0.15, 0.2) is 26.2 Å². The van der Waals surface area contributed by atoms with Crippen LogP contribution in [0.3, 0.4) is 0 Å². The number of anilines is 4. The van der Waals surface area contributed by atoms with Crippen molar-refractivity contribution in [3.05, 3.63) is 242 Å². The highest BCUT2D eigenvalue weighted by Gasteiger charge is 2.49. The minimum atomic E-state index is -5.80. The van der Waals surface area contributed by atoms with Crippen LogP contribution in [-0.4, -0.2) is 265 Å². The maximum absolute atomic E-state index is 13.0. The summed E-state index contributed by atoms with van der Waals surface area (Å²) in [6, 6.07) is 61.1. The molecule has 10 aliphatic rings. The number of alkyl halides is 3. The molecule has 0 spiro atoms. The Balaban J connectivity index is 0.000000124. The van der Waals surface area contributed by atoms with E-state index >= 15 is 0 Å². The van der Waals surface area contributed by atoms with E-state index in [1.54, 1.807) is 37.3 Å². The number of esters is 1. The number of aryl methyl sites for hydroxylation is 1. The van der Waals surface area contributed by atoms with E-state index in [0.717, 1.165) is 259 Å². The number of hydrogen-bond donors (Lipinski definition) is 1. The maximum atomic E-state index is 13.0. The van der Waals surface area contributed by atoms with Crippen LogP contribution in [-0.2, 0) is 14.9 Å². The summed E-state index contributed by atoms with van der Waals surface area (Å²) < 4.78 is 98.7. The number of halogens is 3. The Hall–Kier alpha value is -12.5. The van der Waals surface area contributed by atoms with E-state index in [1.165, 1.54) is 22.1 Å². The van der Waals surface area contributed by atoms with Crippen molar-refractivity contribution in [1.82, 2.24) is 38.6 Å². The molecule has 1 N–H and O–H groups in total. The molecule has 25 nitrogen and oxygen atoms in total. The zero-order chi connectivity index (χ0) is 91.9. The largest absolute Gasteiger partial charge is 0.534 e. The lowest BCUT2D eigenvalue weighted by atomic mass is 9.93. The van der Waals surface area contributed by atoms with Crippen molar-refractivity contribution in [2.24, 2.45) is 0 Å². The first kappa shape index (κ1) is 90.5.